The molecular weight excluding hydrogens is 234 g/mol. The van der Waals surface area contributed by atoms with E-state index in [1.54, 1.807) is 12.1 Å². The average Bonchev–Trinajstić information content (AvgIpc) is 2.38. The Hall–Kier alpha value is -1.24. The standard InChI is InChI=1S/C13H16ClN3/c14-12-6-10(7-15)3-4-13(12)17-9-11-2-1-5-16-8-11/h3-4,6,11,16-17H,1-2,5,8-9H2. The normalized spacial score (nSPS) is 19.6. The van der Waals surface area contributed by atoms with Gasteiger partial charge in [-0.15, -0.1) is 0 Å². The van der Waals surface area contributed by atoms with E-state index >= 15 is 0 Å². The third-order valence-electron chi connectivity index (χ3n) is 3.08. The van der Waals surface area contributed by atoms with Crippen molar-refractivity contribution in [3.8, 4) is 6.07 Å². The topological polar surface area (TPSA) is 47.9 Å². The van der Waals surface area contributed by atoms with E-state index in [1.807, 2.05) is 6.07 Å². The van der Waals surface area contributed by atoms with Crippen molar-refractivity contribution in [1.82, 2.24) is 5.32 Å². The molecule has 1 unspecified atom stereocenters. The number of rotatable bonds is 3. The summed E-state index contributed by atoms with van der Waals surface area (Å²) in [5.74, 6) is 0.662. The van der Waals surface area contributed by atoms with Gasteiger partial charge in [-0.05, 0) is 50.0 Å². The number of piperidine rings is 1. The van der Waals surface area contributed by atoms with E-state index in [4.69, 9.17) is 16.9 Å². The van der Waals surface area contributed by atoms with Crippen LogP contribution in [0.1, 0.15) is 18.4 Å². The Kier molecular flexibility index (Phi) is 4.24. The molecule has 0 spiro atoms. The van der Waals surface area contributed by atoms with E-state index in [2.05, 4.69) is 16.7 Å². The van der Waals surface area contributed by atoms with Gasteiger partial charge in [-0.3, -0.25) is 0 Å². The quantitative estimate of drug-likeness (QED) is 0.866. The van der Waals surface area contributed by atoms with Crippen LogP contribution in [0, 0.1) is 17.2 Å². The Labute approximate surface area is 107 Å². The number of benzene rings is 1. The smallest absolute Gasteiger partial charge is 0.0992 e. The molecule has 4 heteroatoms. The maximum atomic E-state index is 8.75. The first-order valence-electron chi connectivity index (χ1n) is 5.94. The van der Waals surface area contributed by atoms with Crippen molar-refractivity contribution in [2.45, 2.75) is 12.8 Å². The van der Waals surface area contributed by atoms with Gasteiger partial charge in [-0.1, -0.05) is 11.6 Å². The lowest BCUT2D eigenvalue weighted by Gasteiger charge is -2.23. The van der Waals surface area contributed by atoms with Crippen LogP contribution in [-0.2, 0) is 0 Å². The van der Waals surface area contributed by atoms with Crippen LogP contribution in [0.15, 0.2) is 18.2 Å². The van der Waals surface area contributed by atoms with Gasteiger partial charge in [-0.2, -0.15) is 5.26 Å². The zero-order valence-electron chi connectivity index (χ0n) is 9.67. The van der Waals surface area contributed by atoms with Gasteiger partial charge >= 0.3 is 0 Å². The molecule has 0 amide bonds. The van der Waals surface area contributed by atoms with Crippen LogP contribution in [0.3, 0.4) is 0 Å². The predicted octanol–water partition coefficient (Wildman–Crippen LogP) is 2.62. The number of hydrogen-bond acceptors (Lipinski definition) is 3. The Morgan fingerprint density at radius 2 is 2.41 bits per heavy atom. The lowest BCUT2D eigenvalue weighted by molar-refractivity contribution is 0.393. The van der Waals surface area contributed by atoms with Crippen LogP contribution in [0.5, 0.6) is 0 Å². The minimum absolute atomic E-state index is 0.597. The first-order valence-corrected chi connectivity index (χ1v) is 6.31. The molecule has 90 valence electrons. The molecule has 1 saturated heterocycles. The van der Waals surface area contributed by atoms with E-state index in [0.717, 1.165) is 25.3 Å². The van der Waals surface area contributed by atoms with Crippen LogP contribution in [0.2, 0.25) is 5.02 Å². The Bertz CT molecular complexity index is 419. The van der Waals surface area contributed by atoms with Crippen molar-refractivity contribution < 1.29 is 0 Å². The molecule has 0 aromatic heterocycles. The van der Waals surface area contributed by atoms with Crippen molar-refractivity contribution in [2.24, 2.45) is 5.92 Å². The zero-order valence-corrected chi connectivity index (χ0v) is 10.4. The number of nitriles is 1. The van der Waals surface area contributed by atoms with E-state index in [-0.39, 0.29) is 0 Å². The summed E-state index contributed by atoms with van der Waals surface area (Å²) in [5.41, 5.74) is 1.51. The van der Waals surface area contributed by atoms with Crippen LogP contribution in [-0.4, -0.2) is 19.6 Å². The van der Waals surface area contributed by atoms with E-state index in [1.165, 1.54) is 12.8 Å². The van der Waals surface area contributed by atoms with Crippen LogP contribution in [0.4, 0.5) is 5.69 Å². The third kappa shape index (κ3) is 3.36. The van der Waals surface area contributed by atoms with E-state index < -0.39 is 0 Å². The molecule has 2 N–H and O–H groups in total. The number of halogens is 1. The third-order valence-corrected chi connectivity index (χ3v) is 3.39. The van der Waals surface area contributed by atoms with Gasteiger partial charge in [0.05, 0.1) is 22.3 Å². The molecule has 1 aromatic rings. The Morgan fingerprint density at radius 1 is 1.53 bits per heavy atom. The fourth-order valence-electron chi connectivity index (χ4n) is 2.08. The first-order chi connectivity index (χ1) is 8.29. The first kappa shape index (κ1) is 12.2. The van der Waals surface area contributed by atoms with Crippen molar-refractivity contribution in [1.29, 1.82) is 5.26 Å². The average molecular weight is 250 g/mol. The second-order valence-corrected chi connectivity index (χ2v) is 4.81. The molecule has 3 nitrogen and oxygen atoms in total. The SMILES string of the molecule is N#Cc1ccc(NCC2CCCNC2)c(Cl)c1. The number of nitrogens with one attached hydrogen (secondary N) is 2. The van der Waals surface area contributed by atoms with Crippen molar-refractivity contribution in [3.05, 3.63) is 28.8 Å². The molecule has 0 saturated carbocycles. The highest BCUT2D eigenvalue weighted by Gasteiger charge is 2.12. The summed E-state index contributed by atoms with van der Waals surface area (Å²) < 4.78 is 0. The minimum Gasteiger partial charge on any atom is -0.384 e. The molecular formula is C13H16ClN3. The van der Waals surface area contributed by atoms with Gasteiger partial charge in [0.15, 0.2) is 0 Å². The lowest BCUT2D eigenvalue weighted by Crippen LogP contribution is -2.33. The van der Waals surface area contributed by atoms with Gasteiger partial charge in [0, 0.05) is 6.54 Å². The van der Waals surface area contributed by atoms with Crippen LogP contribution >= 0.6 is 11.6 Å². The van der Waals surface area contributed by atoms with Crippen LogP contribution in [0.25, 0.3) is 0 Å². The number of nitrogens with zero attached hydrogens (tertiary/aromatic N) is 1. The molecule has 1 aromatic carbocycles. The summed E-state index contributed by atoms with van der Waals surface area (Å²) in [6.45, 7) is 3.13. The van der Waals surface area contributed by atoms with Crippen LogP contribution < -0.4 is 10.6 Å². The minimum atomic E-state index is 0.597. The summed E-state index contributed by atoms with van der Waals surface area (Å²) in [5, 5.41) is 16.1. The Morgan fingerprint density at radius 3 is 3.06 bits per heavy atom. The summed E-state index contributed by atoms with van der Waals surface area (Å²) >= 11 is 6.10. The maximum absolute atomic E-state index is 8.75. The number of hydrogen-bond donors (Lipinski definition) is 2. The van der Waals surface area contributed by atoms with Crippen molar-refractivity contribution in [3.63, 3.8) is 0 Å². The van der Waals surface area contributed by atoms with E-state index in [0.29, 0.717) is 16.5 Å². The van der Waals surface area contributed by atoms with Gasteiger partial charge in [0.25, 0.3) is 0 Å². The van der Waals surface area contributed by atoms with Gasteiger partial charge in [0.1, 0.15) is 0 Å². The second-order valence-electron chi connectivity index (χ2n) is 4.40. The molecule has 0 aliphatic carbocycles. The largest absolute Gasteiger partial charge is 0.384 e. The molecule has 1 atom stereocenters. The Balaban J connectivity index is 1.92. The zero-order chi connectivity index (χ0) is 12.1. The molecule has 0 radical (unpaired) electrons. The summed E-state index contributed by atoms with van der Waals surface area (Å²) in [6, 6.07) is 7.43. The van der Waals surface area contributed by atoms with Crippen molar-refractivity contribution in [2.75, 3.05) is 25.0 Å². The highest BCUT2D eigenvalue weighted by Crippen LogP contribution is 2.23. The summed E-state index contributed by atoms with van der Waals surface area (Å²) in [6.07, 6.45) is 2.50. The molecule has 2 rings (SSSR count). The van der Waals surface area contributed by atoms with E-state index in [9.17, 15) is 0 Å². The molecule has 17 heavy (non-hydrogen) atoms. The second kappa shape index (κ2) is 5.90. The lowest BCUT2D eigenvalue weighted by atomic mass is 10.00. The van der Waals surface area contributed by atoms with Gasteiger partial charge < -0.3 is 10.6 Å². The molecule has 1 fully saturated rings. The summed E-state index contributed by atoms with van der Waals surface area (Å²) in [7, 11) is 0. The number of anilines is 1. The summed E-state index contributed by atoms with van der Waals surface area (Å²) in [4.78, 5) is 0. The van der Waals surface area contributed by atoms with Gasteiger partial charge in [-0.25, -0.2) is 0 Å². The fraction of sp³-hybridized carbons (Fsp3) is 0.462. The highest BCUT2D eigenvalue weighted by molar-refractivity contribution is 6.33. The highest BCUT2D eigenvalue weighted by atomic mass is 35.5. The fourth-order valence-corrected chi connectivity index (χ4v) is 2.33. The molecule has 0 bridgehead atoms. The van der Waals surface area contributed by atoms with Crippen molar-refractivity contribution >= 4 is 17.3 Å². The van der Waals surface area contributed by atoms with Gasteiger partial charge in [0.2, 0.25) is 0 Å². The molecule has 1 aliphatic rings. The molecule has 1 heterocycles. The predicted molar refractivity (Wildman–Crippen MR) is 70.3 cm³/mol. The maximum Gasteiger partial charge on any atom is 0.0992 e. The molecule has 1 aliphatic heterocycles. The monoisotopic (exact) mass is 249 g/mol.